The Balaban J connectivity index is 1.91. The molecule has 2 rings (SSSR count). The summed E-state index contributed by atoms with van der Waals surface area (Å²) in [5.41, 5.74) is 14.6. The molecule has 0 saturated carbocycles. The van der Waals surface area contributed by atoms with Crippen molar-refractivity contribution in [3.05, 3.63) is 65.2 Å². The molecule has 0 bridgehead atoms. The standard InChI is InChI=1S/C31H45Cl3N2O2/c1-2-3-4-5-6-7-8-9-10-11-15-18-25(32)28(33)30(36)29(34)27(22-16-13-12-14-17-22)23-19-20-24(31(37)38)26(35)21-23/h12-14,16-17,19-21,25,27-30H,2-11,15,18,35-36H2,1H3,(H,37,38). The first-order valence-electron chi connectivity index (χ1n) is 14.1. The highest BCUT2D eigenvalue weighted by Crippen LogP contribution is 2.36. The van der Waals surface area contributed by atoms with E-state index in [1.807, 2.05) is 30.3 Å². The van der Waals surface area contributed by atoms with Crippen molar-refractivity contribution in [1.29, 1.82) is 0 Å². The highest BCUT2D eigenvalue weighted by atomic mass is 35.5. The van der Waals surface area contributed by atoms with E-state index in [0.717, 1.165) is 30.4 Å². The molecule has 5 unspecified atom stereocenters. The van der Waals surface area contributed by atoms with Gasteiger partial charge in [0.25, 0.3) is 0 Å². The zero-order valence-corrected chi connectivity index (χ0v) is 24.9. The van der Waals surface area contributed by atoms with E-state index >= 15 is 0 Å². The van der Waals surface area contributed by atoms with Gasteiger partial charge in [-0.3, -0.25) is 0 Å². The predicted octanol–water partition coefficient (Wildman–Crippen LogP) is 8.95. The van der Waals surface area contributed by atoms with E-state index in [-0.39, 0.29) is 22.5 Å². The Hall–Kier alpha value is -1.46. The molecule has 7 heteroatoms. The van der Waals surface area contributed by atoms with E-state index in [2.05, 4.69) is 6.92 Å². The summed E-state index contributed by atoms with van der Waals surface area (Å²) < 4.78 is 0. The zero-order chi connectivity index (χ0) is 27.9. The number of rotatable bonds is 19. The highest BCUT2D eigenvalue weighted by molar-refractivity contribution is 6.31. The molecule has 2 aromatic carbocycles. The fraction of sp³-hybridized carbons (Fsp3) is 0.581. The summed E-state index contributed by atoms with van der Waals surface area (Å²) in [6.07, 6.45) is 14.8. The first kappa shape index (κ1) is 32.8. The second kappa shape index (κ2) is 18.0. The van der Waals surface area contributed by atoms with E-state index in [9.17, 15) is 9.90 Å². The molecule has 38 heavy (non-hydrogen) atoms. The van der Waals surface area contributed by atoms with Crippen LogP contribution in [-0.4, -0.2) is 33.2 Å². The maximum atomic E-state index is 11.4. The molecule has 0 aromatic heterocycles. The molecule has 0 radical (unpaired) electrons. The van der Waals surface area contributed by atoms with Gasteiger partial charge < -0.3 is 16.6 Å². The minimum Gasteiger partial charge on any atom is -0.478 e. The van der Waals surface area contributed by atoms with Gasteiger partial charge in [-0.05, 0) is 29.7 Å². The third kappa shape index (κ3) is 10.6. The summed E-state index contributed by atoms with van der Waals surface area (Å²) in [4.78, 5) is 11.4. The van der Waals surface area contributed by atoms with Crippen molar-refractivity contribution in [1.82, 2.24) is 0 Å². The normalized spacial score (nSPS) is 15.5. The predicted molar refractivity (Wildman–Crippen MR) is 164 cm³/mol. The largest absolute Gasteiger partial charge is 0.478 e. The maximum Gasteiger partial charge on any atom is 0.337 e. The number of unbranched alkanes of at least 4 members (excludes halogenated alkanes) is 10. The summed E-state index contributed by atoms with van der Waals surface area (Å²) in [5, 5.41) is 7.99. The van der Waals surface area contributed by atoms with Crippen LogP contribution in [0.25, 0.3) is 0 Å². The highest BCUT2D eigenvalue weighted by Gasteiger charge is 2.35. The van der Waals surface area contributed by atoms with Crippen molar-refractivity contribution in [2.24, 2.45) is 5.73 Å². The Morgan fingerprint density at radius 3 is 1.87 bits per heavy atom. The molecule has 0 saturated heterocycles. The summed E-state index contributed by atoms with van der Waals surface area (Å²) in [6.45, 7) is 2.25. The molecule has 0 aliphatic carbocycles. The van der Waals surface area contributed by atoms with Crippen LogP contribution in [0.5, 0.6) is 0 Å². The molecular formula is C31H45Cl3N2O2. The van der Waals surface area contributed by atoms with Crippen LogP contribution in [0.2, 0.25) is 0 Å². The zero-order valence-electron chi connectivity index (χ0n) is 22.6. The first-order chi connectivity index (χ1) is 18.3. The van der Waals surface area contributed by atoms with E-state index in [0.29, 0.717) is 0 Å². The lowest BCUT2D eigenvalue weighted by molar-refractivity contribution is 0.0698. The molecule has 2 aromatic rings. The number of carboxylic acid groups (broad SMARTS) is 1. The van der Waals surface area contributed by atoms with Crippen molar-refractivity contribution in [3.8, 4) is 0 Å². The van der Waals surface area contributed by atoms with Crippen LogP contribution >= 0.6 is 34.8 Å². The molecule has 0 aliphatic heterocycles. The van der Waals surface area contributed by atoms with E-state index in [1.165, 1.54) is 63.9 Å². The summed E-state index contributed by atoms with van der Waals surface area (Å²) in [7, 11) is 0. The molecule has 5 atom stereocenters. The lowest BCUT2D eigenvalue weighted by atomic mass is 9.83. The number of carbonyl (C=O) groups is 1. The molecule has 5 N–H and O–H groups in total. The van der Waals surface area contributed by atoms with Crippen molar-refractivity contribution in [2.45, 2.75) is 112 Å². The molecule has 0 heterocycles. The quantitative estimate of drug-likeness (QED) is 0.0874. The Morgan fingerprint density at radius 1 is 0.789 bits per heavy atom. The van der Waals surface area contributed by atoms with E-state index in [1.54, 1.807) is 12.1 Å². The lowest BCUT2D eigenvalue weighted by Gasteiger charge is -2.32. The number of hydrogen-bond donors (Lipinski definition) is 3. The van der Waals surface area contributed by atoms with Crippen molar-refractivity contribution < 1.29 is 9.90 Å². The first-order valence-corrected chi connectivity index (χ1v) is 15.4. The van der Waals surface area contributed by atoms with Gasteiger partial charge in [-0.2, -0.15) is 0 Å². The van der Waals surface area contributed by atoms with Crippen LogP contribution in [0.1, 0.15) is 111 Å². The van der Waals surface area contributed by atoms with Gasteiger partial charge in [-0.25, -0.2) is 4.79 Å². The van der Waals surface area contributed by atoms with Crippen LogP contribution in [-0.2, 0) is 0 Å². The Labute approximate surface area is 244 Å². The minimum absolute atomic E-state index is 0.0546. The van der Waals surface area contributed by atoms with Gasteiger partial charge in [0.2, 0.25) is 0 Å². The Bertz CT molecular complexity index is 944. The fourth-order valence-electron chi connectivity index (χ4n) is 4.99. The molecular weight excluding hydrogens is 539 g/mol. The van der Waals surface area contributed by atoms with Gasteiger partial charge >= 0.3 is 5.97 Å². The average molecular weight is 584 g/mol. The van der Waals surface area contributed by atoms with Gasteiger partial charge in [-0.1, -0.05) is 114 Å². The maximum absolute atomic E-state index is 11.4. The number of anilines is 1. The van der Waals surface area contributed by atoms with Crippen LogP contribution in [0, 0.1) is 0 Å². The third-order valence-corrected chi connectivity index (χ3v) is 9.06. The molecule has 0 aliphatic rings. The number of aromatic carboxylic acids is 1. The molecule has 0 fully saturated rings. The lowest BCUT2D eigenvalue weighted by Crippen LogP contribution is -2.46. The van der Waals surface area contributed by atoms with Gasteiger partial charge in [0.05, 0.1) is 21.7 Å². The van der Waals surface area contributed by atoms with Crippen LogP contribution in [0.15, 0.2) is 48.5 Å². The van der Waals surface area contributed by atoms with Crippen molar-refractivity contribution in [2.75, 3.05) is 5.73 Å². The van der Waals surface area contributed by atoms with Crippen LogP contribution in [0.3, 0.4) is 0 Å². The Morgan fingerprint density at radius 2 is 1.34 bits per heavy atom. The van der Waals surface area contributed by atoms with E-state index < -0.39 is 22.8 Å². The molecule has 0 spiro atoms. The average Bonchev–Trinajstić information content (AvgIpc) is 2.91. The molecule has 0 amide bonds. The molecule has 212 valence electrons. The number of hydrogen-bond acceptors (Lipinski definition) is 3. The summed E-state index contributed by atoms with van der Waals surface area (Å²) in [5.74, 6) is -1.40. The van der Waals surface area contributed by atoms with Gasteiger partial charge in [-0.15, -0.1) is 34.8 Å². The van der Waals surface area contributed by atoms with Gasteiger partial charge in [0.1, 0.15) is 0 Å². The Kier molecular flexibility index (Phi) is 15.5. The SMILES string of the molecule is CCCCCCCCCCCCCC(Cl)C(Cl)C(N)C(Cl)C(c1ccccc1)c1ccc(C(=O)O)c(N)c1. The summed E-state index contributed by atoms with van der Waals surface area (Å²) >= 11 is 20.5. The third-order valence-electron chi connectivity index (χ3n) is 7.31. The second-order valence-corrected chi connectivity index (χ2v) is 11.9. The van der Waals surface area contributed by atoms with Gasteiger partial charge in [0, 0.05) is 17.6 Å². The number of nitrogens with two attached hydrogens (primary N) is 2. The number of alkyl halides is 3. The topological polar surface area (TPSA) is 89.3 Å². The molecule has 4 nitrogen and oxygen atoms in total. The van der Waals surface area contributed by atoms with Crippen molar-refractivity contribution in [3.63, 3.8) is 0 Å². The van der Waals surface area contributed by atoms with Gasteiger partial charge in [0.15, 0.2) is 0 Å². The fourth-order valence-corrected chi connectivity index (χ4v) is 6.12. The van der Waals surface area contributed by atoms with Crippen LogP contribution in [0.4, 0.5) is 5.69 Å². The minimum atomic E-state index is -1.07. The van der Waals surface area contributed by atoms with Crippen molar-refractivity contribution >= 4 is 46.5 Å². The smallest absolute Gasteiger partial charge is 0.337 e. The number of carboxylic acids is 1. The second-order valence-electron chi connectivity index (χ2n) is 10.3. The number of benzene rings is 2. The summed E-state index contributed by atoms with van der Waals surface area (Å²) in [6, 6.07) is 14.1. The van der Waals surface area contributed by atoms with Crippen LogP contribution < -0.4 is 11.5 Å². The van der Waals surface area contributed by atoms with E-state index in [4.69, 9.17) is 46.3 Å². The number of halogens is 3. The number of nitrogen functional groups attached to an aromatic ring is 1. The monoisotopic (exact) mass is 582 g/mol.